The smallest absolute Gasteiger partial charge is 0.317 e. The highest BCUT2D eigenvalue weighted by molar-refractivity contribution is 5.79. The lowest BCUT2D eigenvalue weighted by molar-refractivity contribution is -0.137. The second kappa shape index (κ2) is 11.3. The number of benzene rings is 1. The van der Waals surface area contributed by atoms with E-state index < -0.39 is 5.97 Å². The van der Waals surface area contributed by atoms with Gasteiger partial charge in [0, 0.05) is 38.0 Å². The lowest BCUT2D eigenvalue weighted by Crippen LogP contribution is -2.52. The number of carbonyl (C=O) groups excluding carboxylic acids is 2. The van der Waals surface area contributed by atoms with Crippen molar-refractivity contribution in [1.82, 2.24) is 15.5 Å². The Morgan fingerprint density at radius 1 is 1.21 bits per heavy atom. The number of carboxylic acids is 1. The predicted molar refractivity (Wildman–Crippen MR) is 107 cm³/mol. The average molecular weight is 389 g/mol. The summed E-state index contributed by atoms with van der Waals surface area (Å²) in [7, 11) is 0. The third-order valence-electron chi connectivity index (χ3n) is 5.04. The Balaban J connectivity index is 2.02. The van der Waals surface area contributed by atoms with E-state index in [1.807, 2.05) is 37.3 Å². The molecule has 1 aromatic carbocycles. The summed E-state index contributed by atoms with van der Waals surface area (Å²) in [5, 5.41) is 14.8. The van der Waals surface area contributed by atoms with E-state index in [2.05, 4.69) is 10.6 Å². The number of nitrogens with zero attached hydrogens (tertiary/aromatic N) is 1. The first-order valence-corrected chi connectivity index (χ1v) is 10.1. The van der Waals surface area contributed by atoms with E-state index in [1.54, 1.807) is 4.90 Å². The van der Waals surface area contributed by atoms with Crippen LogP contribution in [-0.4, -0.2) is 53.1 Å². The second-order valence-corrected chi connectivity index (χ2v) is 7.27. The molecule has 1 fully saturated rings. The zero-order valence-electron chi connectivity index (χ0n) is 16.5. The van der Waals surface area contributed by atoms with Crippen molar-refractivity contribution in [3.63, 3.8) is 0 Å². The summed E-state index contributed by atoms with van der Waals surface area (Å²) in [5.74, 6) is -0.918. The van der Waals surface area contributed by atoms with E-state index in [4.69, 9.17) is 5.11 Å². The molecule has 2 rings (SSSR count). The molecule has 1 aliphatic rings. The fraction of sp³-hybridized carbons (Fsp3) is 0.571. The van der Waals surface area contributed by atoms with Gasteiger partial charge in [0.15, 0.2) is 0 Å². The van der Waals surface area contributed by atoms with Crippen LogP contribution in [0.3, 0.4) is 0 Å². The van der Waals surface area contributed by atoms with Crippen molar-refractivity contribution in [3.05, 3.63) is 35.9 Å². The first kappa shape index (κ1) is 21.7. The number of hydrogen-bond acceptors (Lipinski definition) is 3. The number of amides is 3. The minimum absolute atomic E-state index is 0.000114. The summed E-state index contributed by atoms with van der Waals surface area (Å²) < 4.78 is 0. The molecule has 0 aromatic heterocycles. The normalized spacial score (nSPS) is 17.6. The van der Waals surface area contributed by atoms with Gasteiger partial charge in [-0.2, -0.15) is 0 Å². The Morgan fingerprint density at radius 2 is 1.96 bits per heavy atom. The van der Waals surface area contributed by atoms with Gasteiger partial charge in [-0.05, 0) is 44.6 Å². The Morgan fingerprint density at radius 3 is 2.64 bits per heavy atom. The van der Waals surface area contributed by atoms with Gasteiger partial charge < -0.3 is 20.6 Å². The standard InChI is InChI=1S/C21H31N3O4/c1-2-22-19(25)15-18-10-6-7-13-24(18)21(28)23-17(11-12-20(26)27)14-16-8-4-3-5-9-16/h3-5,8-9,17-18H,2,6-7,10-15H2,1H3,(H,22,25)(H,23,28)(H,26,27). The number of piperidine rings is 1. The van der Waals surface area contributed by atoms with Crippen LogP contribution in [-0.2, 0) is 16.0 Å². The summed E-state index contributed by atoms with van der Waals surface area (Å²) >= 11 is 0. The molecular weight excluding hydrogens is 358 g/mol. The molecule has 1 aliphatic heterocycles. The molecular formula is C21H31N3O4. The van der Waals surface area contributed by atoms with Crippen molar-refractivity contribution in [2.75, 3.05) is 13.1 Å². The van der Waals surface area contributed by atoms with E-state index in [0.29, 0.717) is 32.4 Å². The molecule has 3 amide bonds. The molecule has 2 unspecified atom stereocenters. The summed E-state index contributed by atoms with van der Waals surface area (Å²) in [6, 6.07) is 9.14. The van der Waals surface area contributed by atoms with Crippen molar-refractivity contribution >= 4 is 17.9 Å². The Kier molecular flexibility index (Phi) is 8.78. The number of hydrogen-bond donors (Lipinski definition) is 3. The Labute approximate surface area is 166 Å². The number of urea groups is 1. The fourth-order valence-electron chi connectivity index (χ4n) is 3.64. The Hall–Kier alpha value is -2.57. The summed E-state index contributed by atoms with van der Waals surface area (Å²) in [6.45, 7) is 3.07. The van der Waals surface area contributed by atoms with Crippen LogP contribution in [0.5, 0.6) is 0 Å². The van der Waals surface area contributed by atoms with Gasteiger partial charge in [0.05, 0.1) is 0 Å². The van der Waals surface area contributed by atoms with Crippen molar-refractivity contribution < 1.29 is 19.5 Å². The molecule has 28 heavy (non-hydrogen) atoms. The molecule has 154 valence electrons. The molecule has 7 heteroatoms. The van der Waals surface area contributed by atoms with Crippen LogP contribution in [0, 0.1) is 0 Å². The fourth-order valence-corrected chi connectivity index (χ4v) is 3.64. The quantitative estimate of drug-likeness (QED) is 0.604. The molecule has 0 bridgehead atoms. The van der Waals surface area contributed by atoms with Gasteiger partial charge in [-0.3, -0.25) is 9.59 Å². The molecule has 0 saturated carbocycles. The van der Waals surface area contributed by atoms with Crippen LogP contribution in [0.25, 0.3) is 0 Å². The molecule has 0 radical (unpaired) electrons. The van der Waals surface area contributed by atoms with Crippen LogP contribution >= 0.6 is 0 Å². The summed E-state index contributed by atoms with van der Waals surface area (Å²) in [6.07, 6.45) is 3.97. The highest BCUT2D eigenvalue weighted by Gasteiger charge is 2.29. The monoisotopic (exact) mass is 389 g/mol. The van der Waals surface area contributed by atoms with E-state index in [9.17, 15) is 14.4 Å². The lowest BCUT2D eigenvalue weighted by Gasteiger charge is -2.36. The summed E-state index contributed by atoms with van der Waals surface area (Å²) in [5.41, 5.74) is 1.05. The topological polar surface area (TPSA) is 98.7 Å². The van der Waals surface area contributed by atoms with Crippen LogP contribution < -0.4 is 10.6 Å². The Bertz CT molecular complexity index is 650. The average Bonchev–Trinajstić information content (AvgIpc) is 2.67. The molecule has 1 saturated heterocycles. The molecule has 0 spiro atoms. The number of nitrogens with one attached hydrogen (secondary N) is 2. The van der Waals surface area contributed by atoms with E-state index in [0.717, 1.165) is 24.8 Å². The second-order valence-electron chi connectivity index (χ2n) is 7.27. The first-order valence-electron chi connectivity index (χ1n) is 10.1. The third-order valence-corrected chi connectivity index (χ3v) is 5.04. The van der Waals surface area contributed by atoms with E-state index >= 15 is 0 Å². The summed E-state index contributed by atoms with van der Waals surface area (Å²) in [4.78, 5) is 37.7. The number of carboxylic acid groups (broad SMARTS) is 1. The van der Waals surface area contributed by atoms with Crippen molar-refractivity contribution in [3.8, 4) is 0 Å². The maximum Gasteiger partial charge on any atom is 0.317 e. The molecule has 0 aliphatic carbocycles. The highest BCUT2D eigenvalue weighted by Crippen LogP contribution is 2.20. The zero-order valence-corrected chi connectivity index (χ0v) is 16.5. The van der Waals surface area contributed by atoms with Crippen LogP contribution in [0.2, 0.25) is 0 Å². The van der Waals surface area contributed by atoms with Crippen molar-refractivity contribution in [1.29, 1.82) is 0 Å². The predicted octanol–water partition coefficient (Wildman–Crippen LogP) is 2.55. The molecule has 2 atom stereocenters. The molecule has 1 aromatic rings. The highest BCUT2D eigenvalue weighted by atomic mass is 16.4. The number of rotatable bonds is 9. The maximum atomic E-state index is 12.9. The number of likely N-dealkylation sites (tertiary alicyclic amines) is 1. The van der Waals surface area contributed by atoms with Gasteiger partial charge in [-0.1, -0.05) is 30.3 Å². The zero-order chi connectivity index (χ0) is 20.4. The van der Waals surface area contributed by atoms with E-state index in [-0.39, 0.29) is 30.4 Å². The molecule has 1 heterocycles. The first-order chi connectivity index (χ1) is 13.5. The van der Waals surface area contributed by atoms with Gasteiger partial charge in [0.1, 0.15) is 0 Å². The third kappa shape index (κ3) is 7.21. The van der Waals surface area contributed by atoms with Gasteiger partial charge in [0.25, 0.3) is 0 Å². The van der Waals surface area contributed by atoms with Crippen LogP contribution in [0.15, 0.2) is 30.3 Å². The minimum Gasteiger partial charge on any atom is -0.481 e. The van der Waals surface area contributed by atoms with E-state index in [1.165, 1.54) is 0 Å². The minimum atomic E-state index is -0.876. The largest absolute Gasteiger partial charge is 0.481 e. The van der Waals surface area contributed by atoms with Crippen molar-refractivity contribution in [2.24, 2.45) is 0 Å². The van der Waals surface area contributed by atoms with Gasteiger partial charge in [-0.25, -0.2) is 4.79 Å². The van der Waals surface area contributed by atoms with Crippen LogP contribution in [0.4, 0.5) is 4.79 Å². The van der Waals surface area contributed by atoms with Gasteiger partial charge in [0.2, 0.25) is 5.91 Å². The SMILES string of the molecule is CCNC(=O)CC1CCCCN1C(=O)NC(CCC(=O)O)Cc1ccccc1. The maximum absolute atomic E-state index is 12.9. The number of carbonyl (C=O) groups is 3. The van der Waals surface area contributed by atoms with Gasteiger partial charge >= 0.3 is 12.0 Å². The number of aliphatic carboxylic acids is 1. The lowest BCUT2D eigenvalue weighted by atomic mass is 9.98. The van der Waals surface area contributed by atoms with Crippen molar-refractivity contribution in [2.45, 2.75) is 64.0 Å². The molecule has 7 nitrogen and oxygen atoms in total. The van der Waals surface area contributed by atoms with Crippen LogP contribution in [0.1, 0.15) is 51.0 Å². The molecule has 3 N–H and O–H groups in total. The van der Waals surface area contributed by atoms with Gasteiger partial charge in [-0.15, -0.1) is 0 Å².